The Hall–Kier alpha value is -2.28. The zero-order valence-electron chi connectivity index (χ0n) is 12.0. The van der Waals surface area contributed by atoms with Crippen molar-refractivity contribution in [3.63, 3.8) is 0 Å². The summed E-state index contributed by atoms with van der Waals surface area (Å²) in [4.78, 5) is 22.2. The van der Waals surface area contributed by atoms with E-state index in [9.17, 15) is 9.59 Å². The van der Waals surface area contributed by atoms with Crippen molar-refractivity contribution >= 4 is 11.9 Å². The molecule has 21 heavy (non-hydrogen) atoms. The van der Waals surface area contributed by atoms with Crippen LogP contribution in [0.4, 0.5) is 0 Å². The molecule has 0 spiro atoms. The first-order valence-corrected chi connectivity index (χ1v) is 6.36. The topological polar surface area (TPSA) is 105 Å². The maximum Gasteiger partial charge on any atom is 0.332 e. The fraction of sp³-hybridized carbons (Fsp3) is 0.429. The molecule has 1 atom stereocenters. The third kappa shape index (κ3) is 5.31. The number of aliphatic hydroxyl groups is 1. The molecule has 0 aliphatic rings. The minimum Gasteiger partial charge on any atom is -0.497 e. The summed E-state index contributed by atoms with van der Waals surface area (Å²) in [7, 11) is 3.04. The van der Waals surface area contributed by atoms with E-state index >= 15 is 0 Å². The molecule has 0 aliphatic carbocycles. The van der Waals surface area contributed by atoms with Crippen LogP contribution in [-0.4, -0.2) is 49.0 Å². The van der Waals surface area contributed by atoms with Crippen LogP contribution in [0.15, 0.2) is 18.2 Å². The number of carbonyl (C=O) groups is 2. The predicted molar refractivity (Wildman–Crippen MR) is 74.5 cm³/mol. The first-order valence-electron chi connectivity index (χ1n) is 6.36. The number of benzene rings is 1. The van der Waals surface area contributed by atoms with Crippen LogP contribution in [0, 0.1) is 0 Å². The number of amides is 1. The lowest BCUT2D eigenvalue weighted by molar-refractivity contribution is -0.147. The molecule has 0 saturated heterocycles. The minimum atomic E-state index is -1.47. The van der Waals surface area contributed by atoms with Gasteiger partial charge in [0.2, 0.25) is 5.91 Å². The Morgan fingerprint density at radius 1 is 1.29 bits per heavy atom. The molecule has 1 aromatic carbocycles. The Kier molecular flexibility index (Phi) is 6.48. The summed E-state index contributed by atoms with van der Waals surface area (Å²) in [6, 6.07) is 5.12. The molecule has 0 aliphatic heterocycles. The summed E-state index contributed by atoms with van der Waals surface area (Å²) in [6.07, 6.45) is -1.42. The number of carboxylic acid groups (broad SMARTS) is 1. The quantitative estimate of drug-likeness (QED) is 0.633. The number of methoxy groups -OCH3 is 2. The molecule has 7 heteroatoms. The van der Waals surface area contributed by atoms with Crippen LogP contribution in [-0.2, 0) is 16.0 Å². The molecule has 0 saturated carbocycles. The van der Waals surface area contributed by atoms with E-state index in [1.807, 2.05) is 0 Å². The number of carboxylic acids is 1. The van der Waals surface area contributed by atoms with E-state index in [2.05, 4.69) is 5.32 Å². The lowest BCUT2D eigenvalue weighted by atomic mass is 10.1. The van der Waals surface area contributed by atoms with Crippen molar-refractivity contribution in [3.05, 3.63) is 23.8 Å². The van der Waals surface area contributed by atoms with Crippen molar-refractivity contribution in [1.29, 1.82) is 0 Å². The van der Waals surface area contributed by atoms with Crippen molar-refractivity contribution in [2.75, 3.05) is 20.8 Å². The Bertz CT molecular complexity index is 502. The second kappa shape index (κ2) is 8.11. The second-order valence-corrected chi connectivity index (χ2v) is 4.35. The van der Waals surface area contributed by atoms with Gasteiger partial charge < -0.3 is 25.0 Å². The highest BCUT2D eigenvalue weighted by atomic mass is 16.5. The predicted octanol–water partition coefficient (Wildman–Crippen LogP) is 0.198. The van der Waals surface area contributed by atoms with Gasteiger partial charge in [0.05, 0.1) is 20.6 Å². The molecule has 0 radical (unpaired) electrons. The van der Waals surface area contributed by atoms with Crippen LogP contribution in [0.2, 0.25) is 0 Å². The van der Waals surface area contributed by atoms with Gasteiger partial charge in [-0.05, 0) is 6.07 Å². The third-order valence-electron chi connectivity index (χ3n) is 2.87. The van der Waals surface area contributed by atoms with Gasteiger partial charge >= 0.3 is 5.97 Å². The maximum absolute atomic E-state index is 11.8. The molecule has 0 unspecified atom stereocenters. The van der Waals surface area contributed by atoms with Crippen LogP contribution < -0.4 is 14.8 Å². The minimum absolute atomic E-state index is 0.0409. The van der Waals surface area contributed by atoms with Crippen LogP contribution in [0.5, 0.6) is 11.5 Å². The highest BCUT2D eigenvalue weighted by Crippen LogP contribution is 2.24. The van der Waals surface area contributed by atoms with E-state index in [4.69, 9.17) is 19.7 Å². The third-order valence-corrected chi connectivity index (χ3v) is 2.87. The summed E-state index contributed by atoms with van der Waals surface area (Å²) in [5, 5.41) is 20.1. The van der Waals surface area contributed by atoms with E-state index in [1.54, 1.807) is 18.2 Å². The fourth-order valence-corrected chi connectivity index (χ4v) is 1.71. The molecule has 0 bridgehead atoms. The molecule has 1 rings (SSSR count). The van der Waals surface area contributed by atoms with Crippen LogP contribution in [0.25, 0.3) is 0 Å². The summed E-state index contributed by atoms with van der Waals surface area (Å²) in [6.45, 7) is 0.0881. The van der Waals surface area contributed by atoms with Gasteiger partial charge in [-0.25, -0.2) is 4.79 Å². The van der Waals surface area contributed by atoms with Crippen LogP contribution in [0.1, 0.15) is 12.0 Å². The summed E-state index contributed by atoms with van der Waals surface area (Å²) in [5.74, 6) is -0.423. The summed E-state index contributed by atoms with van der Waals surface area (Å²) in [5.41, 5.74) is 0.689. The number of aliphatic carboxylic acids is 1. The largest absolute Gasteiger partial charge is 0.497 e. The zero-order valence-corrected chi connectivity index (χ0v) is 12.0. The SMILES string of the molecule is COc1ccc(CC(=O)NCC[C@H](O)C(=O)O)c(OC)c1. The van der Waals surface area contributed by atoms with E-state index in [1.165, 1.54) is 14.2 Å². The molecular weight excluding hydrogens is 278 g/mol. The number of hydrogen-bond donors (Lipinski definition) is 3. The monoisotopic (exact) mass is 297 g/mol. The van der Waals surface area contributed by atoms with Crippen LogP contribution in [0.3, 0.4) is 0 Å². The number of carbonyl (C=O) groups excluding carboxylic acids is 1. The average molecular weight is 297 g/mol. The molecule has 1 aromatic rings. The fourth-order valence-electron chi connectivity index (χ4n) is 1.71. The summed E-state index contributed by atoms with van der Waals surface area (Å²) < 4.78 is 10.3. The Morgan fingerprint density at radius 3 is 2.57 bits per heavy atom. The Morgan fingerprint density at radius 2 is 2.00 bits per heavy atom. The van der Waals surface area contributed by atoms with Gasteiger partial charge in [0.1, 0.15) is 11.5 Å². The number of aliphatic hydroxyl groups excluding tert-OH is 1. The van der Waals surface area contributed by atoms with E-state index < -0.39 is 12.1 Å². The molecule has 3 N–H and O–H groups in total. The molecule has 7 nitrogen and oxygen atoms in total. The zero-order chi connectivity index (χ0) is 15.8. The van der Waals surface area contributed by atoms with Crippen molar-refractivity contribution < 1.29 is 29.3 Å². The lowest BCUT2D eigenvalue weighted by Crippen LogP contribution is -2.31. The van der Waals surface area contributed by atoms with E-state index in [-0.39, 0.29) is 25.3 Å². The number of hydrogen-bond acceptors (Lipinski definition) is 5. The lowest BCUT2D eigenvalue weighted by Gasteiger charge is -2.11. The molecule has 1 amide bonds. The Labute approximate surface area is 122 Å². The first-order chi connectivity index (χ1) is 9.97. The average Bonchev–Trinajstić information content (AvgIpc) is 2.47. The standard InChI is InChI=1S/C14H19NO6/c1-20-10-4-3-9(12(8-10)21-2)7-13(17)15-6-5-11(16)14(18)19/h3-4,8,11,16H,5-7H2,1-2H3,(H,15,17)(H,18,19)/t11-/m0/s1. The van der Waals surface area contributed by atoms with Gasteiger partial charge in [-0.1, -0.05) is 6.07 Å². The highest BCUT2D eigenvalue weighted by Gasteiger charge is 2.14. The number of rotatable bonds is 8. The smallest absolute Gasteiger partial charge is 0.332 e. The molecular formula is C14H19NO6. The van der Waals surface area contributed by atoms with E-state index in [0.717, 1.165) is 0 Å². The van der Waals surface area contributed by atoms with Gasteiger partial charge in [-0.15, -0.1) is 0 Å². The van der Waals surface area contributed by atoms with E-state index in [0.29, 0.717) is 17.1 Å². The molecule has 0 fully saturated rings. The van der Waals surface area contributed by atoms with Gasteiger partial charge in [-0.2, -0.15) is 0 Å². The van der Waals surface area contributed by atoms with Crippen LogP contribution >= 0.6 is 0 Å². The Balaban J connectivity index is 2.53. The molecule has 0 heterocycles. The van der Waals surface area contributed by atoms with Crippen molar-refractivity contribution in [2.24, 2.45) is 0 Å². The first kappa shape index (κ1) is 16.8. The molecule has 0 aromatic heterocycles. The molecule has 116 valence electrons. The van der Waals surface area contributed by atoms with Crippen molar-refractivity contribution in [1.82, 2.24) is 5.32 Å². The van der Waals surface area contributed by atoms with Gasteiger partial charge in [-0.3, -0.25) is 4.79 Å². The highest BCUT2D eigenvalue weighted by molar-refractivity contribution is 5.79. The second-order valence-electron chi connectivity index (χ2n) is 4.35. The van der Waals surface area contributed by atoms with Gasteiger partial charge in [0.15, 0.2) is 6.10 Å². The maximum atomic E-state index is 11.8. The van der Waals surface area contributed by atoms with Gasteiger partial charge in [0.25, 0.3) is 0 Å². The van der Waals surface area contributed by atoms with Crippen molar-refractivity contribution in [2.45, 2.75) is 18.9 Å². The van der Waals surface area contributed by atoms with Gasteiger partial charge in [0, 0.05) is 24.6 Å². The van der Waals surface area contributed by atoms with Crippen molar-refractivity contribution in [3.8, 4) is 11.5 Å². The number of ether oxygens (including phenoxy) is 2. The normalized spacial score (nSPS) is 11.6. The summed E-state index contributed by atoms with van der Waals surface area (Å²) >= 11 is 0. The number of nitrogens with one attached hydrogen (secondary N) is 1.